The molecule has 1 atom stereocenters. The van der Waals surface area contributed by atoms with E-state index >= 15 is 0 Å². The molecule has 5 heteroatoms. The lowest BCUT2D eigenvalue weighted by Gasteiger charge is -2.22. The molecule has 0 spiro atoms. The van der Waals surface area contributed by atoms with Crippen LogP contribution in [0.15, 0.2) is 54.6 Å². The van der Waals surface area contributed by atoms with Crippen molar-refractivity contribution in [3.05, 3.63) is 54.6 Å². The molecule has 3 rings (SSSR count). The smallest absolute Gasteiger partial charge is 0.319 e. The van der Waals surface area contributed by atoms with Crippen LogP contribution in [0.1, 0.15) is 25.7 Å². The number of urea groups is 1. The molecule has 0 bridgehead atoms. The number of anilines is 1. The third-order valence-electron chi connectivity index (χ3n) is 5.12. The van der Waals surface area contributed by atoms with E-state index in [9.17, 15) is 9.90 Å². The molecule has 1 aliphatic heterocycles. The molecule has 0 aromatic heterocycles. The minimum atomic E-state index is -0.170. The number of hydrogen-bond acceptors (Lipinski definition) is 3. The number of carbonyl (C=O) groups excluding carboxylic acids is 1. The van der Waals surface area contributed by atoms with Gasteiger partial charge in [0.25, 0.3) is 0 Å². The first kappa shape index (κ1) is 19.4. The molecule has 1 saturated heterocycles. The number of likely N-dealkylation sites (tertiary alicyclic amines) is 1. The van der Waals surface area contributed by atoms with Crippen LogP contribution >= 0.6 is 0 Å². The Labute approximate surface area is 161 Å². The minimum absolute atomic E-state index is 0.170. The van der Waals surface area contributed by atoms with Crippen LogP contribution in [-0.4, -0.2) is 48.3 Å². The lowest BCUT2D eigenvalue weighted by atomic mass is 10.1. The Balaban J connectivity index is 1.34. The average molecular weight is 367 g/mol. The Morgan fingerprint density at radius 1 is 1.04 bits per heavy atom. The van der Waals surface area contributed by atoms with E-state index in [0.29, 0.717) is 12.6 Å². The van der Waals surface area contributed by atoms with Gasteiger partial charge in [-0.1, -0.05) is 42.5 Å². The summed E-state index contributed by atoms with van der Waals surface area (Å²) >= 11 is 0. The number of hydrogen-bond donors (Lipinski definition) is 3. The molecule has 1 fully saturated rings. The highest BCUT2D eigenvalue weighted by molar-refractivity contribution is 5.89. The van der Waals surface area contributed by atoms with E-state index in [1.807, 2.05) is 42.5 Å². The lowest BCUT2D eigenvalue weighted by molar-refractivity contribution is 0.157. The SMILES string of the molecule is O=C(NCCCCN1CCCC1CO)Nc1ccc(-c2ccccc2)cc1. The van der Waals surface area contributed by atoms with E-state index in [0.717, 1.165) is 49.2 Å². The summed E-state index contributed by atoms with van der Waals surface area (Å²) in [6.45, 7) is 2.99. The normalized spacial score (nSPS) is 17.0. The lowest BCUT2D eigenvalue weighted by Crippen LogP contribution is -2.34. The fourth-order valence-corrected chi connectivity index (χ4v) is 3.59. The number of nitrogens with one attached hydrogen (secondary N) is 2. The molecule has 2 amide bonds. The first-order chi connectivity index (χ1) is 13.3. The van der Waals surface area contributed by atoms with Crippen LogP contribution < -0.4 is 10.6 Å². The van der Waals surface area contributed by atoms with Gasteiger partial charge >= 0.3 is 6.03 Å². The van der Waals surface area contributed by atoms with Crippen LogP contribution in [0.4, 0.5) is 10.5 Å². The molecular formula is C22H29N3O2. The maximum absolute atomic E-state index is 12.0. The molecule has 2 aromatic carbocycles. The van der Waals surface area contributed by atoms with Gasteiger partial charge in [-0.2, -0.15) is 0 Å². The fraction of sp³-hybridized carbons (Fsp3) is 0.409. The molecular weight excluding hydrogens is 338 g/mol. The van der Waals surface area contributed by atoms with Crippen molar-refractivity contribution >= 4 is 11.7 Å². The molecule has 0 saturated carbocycles. The highest BCUT2D eigenvalue weighted by atomic mass is 16.3. The predicted octanol–water partition coefficient (Wildman–Crippen LogP) is 3.71. The van der Waals surface area contributed by atoms with Crippen molar-refractivity contribution in [2.75, 3.05) is 31.6 Å². The van der Waals surface area contributed by atoms with E-state index in [4.69, 9.17) is 0 Å². The first-order valence-corrected chi connectivity index (χ1v) is 9.81. The molecule has 1 heterocycles. The van der Waals surface area contributed by atoms with Gasteiger partial charge in [-0.25, -0.2) is 4.79 Å². The van der Waals surface area contributed by atoms with E-state index in [2.05, 4.69) is 27.7 Å². The Morgan fingerprint density at radius 3 is 2.52 bits per heavy atom. The van der Waals surface area contributed by atoms with Crippen LogP contribution in [0, 0.1) is 0 Å². The van der Waals surface area contributed by atoms with Crippen LogP contribution in [0.2, 0.25) is 0 Å². The zero-order valence-corrected chi connectivity index (χ0v) is 15.7. The van der Waals surface area contributed by atoms with Gasteiger partial charge in [-0.05, 0) is 62.0 Å². The molecule has 1 unspecified atom stereocenters. The van der Waals surface area contributed by atoms with E-state index in [-0.39, 0.29) is 12.6 Å². The Hall–Kier alpha value is -2.37. The topological polar surface area (TPSA) is 64.6 Å². The van der Waals surface area contributed by atoms with Gasteiger partial charge in [0.05, 0.1) is 6.61 Å². The van der Waals surface area contributed by atoms with Crippen molar-refractivity contribution < 1.29 is 9.90 Å². The van der Waals surface area contributed by atoms with Gasteiger partial charge in [0.15, 0.2) is 0 Å². The summed E-state index contributed by atoms with van der Waals surface area (Å²) in [5, 5.41) is 15.1. The van der Waals surface area contributed by atoms with Crippen molar-refractivity contribution in [1.82, 2.24) is 10.2 Å². The van der Waals surface area contributed by atoms with Gasteiger partial charge in [0, 0.05) is 18.3 Å². The minimum Gasteiger partial charge on any atom is -0.395 e. The molecule has 27 heavy (non-hydrogen) atoms. The van der Waals surface area contributed by atoms with Gasteiger partial charge in [0.1, 0.15) is 0 Å². The Kier molecular flexibility index (Phi) is 7.25. The number of rotatable bonds is 8. The molecule has 3 N–H and O–H groups in total. The van der Waals surface area contributed by atoms with E-state index in [1.165, 1.54) is 6.42 Å². The number of unbranched alkanes of at least 4 members (excludes halogenated alkanes) is 1. The van der Waals surface area contributed by atoms with Crippen molar-refractivity contribution in [2.45, 2.75) is 31.7 Å². The van der Waals surface area contributed by atoms with Crippen LogP contribution in [0.3, 0.4) is 0 Å². The van der Waals surface area contributed by atoms with Gasteiger partial charge in [-0.15, -0.1) is 0 Å². The Morgan fingerprint density at radius 2 is 1.78 bits per heavy atom. The molecule has 5 nitrogen and oxygen atoms in total. The van der Waals surface area contributed by atoms with Crippen LogP contribution in [-0.2, 0) is 0 Å². The summed E-state index contributed by atoms with van der Waals surface area (Å²) in [6, 6.07) is 18.2. The second kappa shape index (κ2) is 10.1. The van der Waals surface area contributed by atoms with Gasteiger partial charge < -0.3 is 15.7 Å². The maximum Gasteiger partial charge on any atom is 0.319 e. The summed E-state index contributed by atoms with van der Waals surface area (Å²) in [6.07, 6.45) is 4.24. The number of carbonyl (C=O) groups is 1. The van der Waals surface area contributed by atoms with Gasteiger partial charge in [0.2, 0.25) is 0 Å². The first-order valence-electron chi connectivity index (χ1n) is 9.81. The van der Waals surface area contributed by atoms with E-state index < -0.39 is 0 Å². The molecule has 0 aliphatic carbocycles. The molecule has 0 radical (unpaired) electrons. The molecule has 1 aliphatic rings. The second-order valence-electron chi connectivity index (χ2n) is 7.05. The number of aliphatic hydroxyl groups excluding tert-OH is 1. The van der Waals surface area contributed by atoms with Crippen molar-refractivity contribution in [3.8, 4) is 11.1 Å². The van der Waals surface area contributed by atoms with Crippen molar-refractivity contribution in [2.24, 2.45) is 0 Å². The van der Waals surface area contributed by atoms with Crippen molar-refractivity contribution in [3.63, 3.8) is 0 Å². The number of aliphatic hydroxyl groups is 1. The van der Waals surface area contributed by atoms with Crippen LogP contribution in [0.25, 0.3) is 11.1 Å². The predicted molar refractivity (Wildman–Crippen MR) is 110 cm³/mol. The molecule has 144 valence electrons. The summed E-state index contributed by atoms with van der Waals surface area (Å²) in [7, 11) is 0. The fourth-order valence-electron chi connectivity index (χ4n) is 3.59. The monoisotopic (exact) mass is 367 g/mol. The quantitative estimate of drug-likeness (QED) is 0.623. The Bertz CT molecular complexity index is 703. The standard InChI is InChI=1S/C22H29N3O2/c26-17-21-9-6-16-25(21)15-5-4-14-23-22(27)24-20-12-10-19(11-13-20)18-7-2-1-3-8-18/h1-3,7-8,10-13,21,26H,4-6,9,14-17H2,(H2,23,24,27). The third kappa shape index (κ3) is 5.81. The van der Waals surface area contributed by atoms with E-state index in [1.54, 1.807) is 0 Å². The summed E-state index contributed by atoms with van der Waals surface area (Å²) < 4.78 is 0. The summed E-state index contributed by atoms with van der Waals surface area (Å²) in [5.41, 5.74) is 3.08. The van der Waals surface area contributed by atoms with Crippen LogP contribution in [0.5, 0.6) is 0 Å². The summed E-state index contributed by atoms with van der Waals surface area (Å²) in [4.78, 5) is 14.4. The third-order valence-corrected chi connectivity index (χ3v) is 5.12. The average Bonchev–Trinajstić information content (AvgIpc) is 3.16. The maximum atomic E-state index is 12.0. The number of amides is 2. The highest BCUT2D eigenvalue weighted by Gasteiger charge is 2.22. The zero-order chi connectivity index (χ0) is 18.9. The van der Waals surface area contributed by atoms with Gasteiger partial charge in [-0.3, -0.25) is 4.90 Å². The second-order valence-corrected chi connectivity index (χ2v) is 7.05. The van der Waals surface area contributed by atoms with Crippen molar-refractivity contribution in [1.29, 1.82) is 0 Å². The number of nitrogens with zero attached hydrogens (tertiary/aromatic N) is 1. The summed E-state index contributed by atoms with van der Waals surface area (Å²) in [5.74, 6) is 0. The molecule has 2 aromatic rings. The number of benzene rings is 2. The zero-order valence-electron chi connectivity index (χ0n) is 15.7. The highest BCUT2D eigenvalue weighted by Crippen LogP contribution is 2.21. The largest absolute Gasteiger partial charge is 0.395 e.